The summed E-state index contributed by atoms with van der Waals surface area (Å²) < 4.78 is 4.76. The molecule has 2 unspecified atom stereocenters. The van der Waals surface area contributed by atoms with Gasteiger partial charge in [-0.25, -0.2) is 4.79 Å². The maximum absolute atomic E-state index is 12.1. The Labute approximate surface area is 129 Å². The number of carbonyl (C=O) groups is 2. The normalized spacial score (nSPS) is 23.7. The fourth-order valence-corrected chi connectivity index (χ4v) is 5.70. The van der Waals surface area contributed by atoms with Crippen LogP contribution in [0.3, 0.4) is 0 Å². The van der Waals surface area contributed by atoms with Crippen LogP contribution in [0.15, 0.2) is 54.6 Å². The van der Waals surface area contributed by atoms with E-state index in [0.29, 0.717) is 5.57 Å². The van der Waals surface area contributed by atoms with Gasteiger partial charge in [-0.2, -0.15) is 0 Å². The Morgan fingerprint density at radius 3 is 2.73 bits per heavy atom. The number of ether oxygens (including phenoxy) is 1. The highest BCUT2D eigenvalue weighted by Crippen LogP contribution is 2.50. The predicted molar refractivity (Wildman–Crippen MR) is 88.4 cm³/mol. The fourth-order valence-electron chi connectivity index (χ4n) is 3.12. The second-order valence-corrected chi connectivity index (χ2v) is 7.71. The van der Waals surface area contributed by atoms with Gasteiger partial charge < -0.3 is 4.74 Å². The molecule has 0 spiro atoms. The fraction of sp³-hybridized carbons (Fsp3) is 0.111. The van der Waals surface area contributed by atoms with Crippen LogP contribution in [0.5, 0.6) is 0 Å². The first-order chi connectivity index (χ1) is 10.7. The molecule has 0 amide bonds. The maximum Gasteiger partial charge on any atom is 0.342 e. The van der Waals surface area contributed by atoms with Crippen LogP contribution in [0.4, 0.5) is 0 Å². The Bertz CT molecular complexity index is 866. The number of hydrogen-bond acceptors (Lipinski definition) is 3. The van der Waals surface area contributed by atoms with E-state index < -0.39 is 25.5 Å². The van der Waals surface area contributed by atoms with Crippen molar-refractivity contribution in [3.05, 3.63) is 60.2 Å². The lowest BCUT2D eigenvalue weighted by molar-refractivity contribution is -0.150. The van der Waals surface area contributed by atoms with Gasteiger partial charge in [0.15, 0.2) is 0 Å². The summed E-state index contributed by atoms with van der Waals surface area (Å²) in [5, 5.41) is 3.49. The van der Waals surface area contributed by atoms with E-state index in [9.17, 15) is 9.59 Å². The van der Waals surface area contributed by atoms with Crippen molar-refractivity contribution in [2.24, 2.45) is 0 Å². The third-order valence-electron chi connectivity index (χ3n) is 4.16. The minimum atomic E-state index is -0.849. The van der Waals surface area contributed by atoms with Crippen molar-refractivity contribution in [1.82, 2.24) is 0 Å². The third kappa shape index (κ3) is 1.86. The van der Waals surface area contributed by atoms with Gasteiger partial charge in [-0.3, -0.25) is 4.79 Å². The van der Waals surface area contributed by atoms with Crippen molar-refractivity contribution in [3.8, 4) is 0 Å². The molecule has 2 aromatic rings. The Kier molecular flexibility index (Phi) is 2.98. The van der Waals surface area contributed by atoms with Crippen molar-refractivity contribution < 1.29 is 14.3 Å². The summed E-state index contributed by atoms with van der Waals surface area (Å²) in [7, 11) is -0.849. The summed E-state index contributed by atoms with van der Waals surface area (Å²) >= 11 is 0. The SMILES string of the molecule is C=C1C(=O)OC(=O)C1P1CC=Cc2c1ccc1ccccc21. The maximum atomic E-state index is 12.1. The topological polar surface area (TPSA) is 43.4 Å². The quantitative estimate of drug-likeness (QED) is 0.352. The van der Waals surface area contributed by atoms with Crippen LogP contribution in [-0.2, 0) is 14.3 Å². The molecule has 2 aromatic carbocycles. The number of fused-ring (bicyclic) bond motifs is 3. The van der Waals surface area contributed by atoms with E-state index >= 15 is 0 Å². The summed E-state index contributed by atoms with van der Waals surface area (Å²) in [5.74, 6) is -1.02. The molecule has 108 valence electrons. The van der Waals surface area contributed by atoms with Gasteiger partial charge >= 0.3 is 11.9 Å². The van der Waals surface area contributed by atoms with Crippen molar-refractivity contribution in [2.75, 3.05) is 6.16 Å². The monoisotopic (exact) mass is 308 g/mol. The van der Waals surface area contributed by atoms with Gasteiger partial charge in [0, 0.05) is 5.57 Å². The summed E-state index contributed by atoms with van der Waals surface area (Å²) in [4.78, 5) is 23.7. The Hall–Kier alpha value is -2.25. The summed E-state index contributed by atoms with van der Waals surface area (Å²) in [6.07, 6.45) is 4.97. The first kappa shape index (κ1) is 13.4. The smallest absolute Gasteiger partial charge is 0.342 e. The van der Waals surface area contributed by atoms with E-state index in [-0.39, 0.29) is 0 Å². The molecule has 4 heteroatoms. The summed E-state index contributed by atoms with van der Waals surface area (Å²) in [6, 6.07) is 12.3. The number of cyclic esters (lactones) is 2. The Balaban J connectivity index is 1.88. The van der Waals surface area contributed by atoms with Crippen molar-refractivity contribution in [3.63, 3.8) is 0 Å². The molecule has 0 aromatic heterocycles. The minimum absolute atomic E-state index is 0.297. The molecule has 1 fully saturated rings. The number of esters is 2. The molecule has 0 N–H and O–H groups in total. The molecule has 22 heavy (non-hydrogen) atoms. The lowest BCUT2D eigenvalue weighted by atomic mass is 10.0. The average Bonchev–Trinajstić information content (AvgIpc) is 2.79. The number of hydrogen-bond donors (Lipinski definition) is 0. The Morgan fingerprint density at radius 2 is 1.95 bits per heavy atom. The van der Waals surface area contributed by atoms with Crippen LogP contribution in [0, 0.1) is 0 Å². The second-order valence-electron chi connectivity index (χ2n) is 5.41. The molecule has 1 saturated heterocycles. The molecule has 0 radical (unpaired) electrons. The highest BCUT2D eigenvalue weighted by molar-refractivity contribution is 7.68. The van der Waals surface area contributed by atoms with Gasteiger partial charge in [0.25, 0.3) is 0 Å². The van der Waals surface area contributed by atoms with E-state index in [1.54, 1.807) is 0 Å². The predicted octanol–water partition coefficient (Wildman–Crippen LogP) is 2.98. The van der Waals surface area contributed by atoms with E-state index in [1.807, 2.05) is 12.1 Å². The molecule has 2 atom stereocenters. The van der Waals surface area contributed by atoms with Gasteiger partial charge in [-0.05, 0) is 27.8 Å². The first-order valence-electron chi connectivity index (χ1n) is 7.06. The lowest BCUT2D eigenvalue weighted by Crippen LogP contribution is -2.24. The average molecular weight is 308 g/mol. The molecular formula is C18H13O3P. The van der Waals surface area contributed by atoms with Gasteiger partial charge in [0.2, 0.25) is 0 Å². The van der Waals surface area contributed by atoms with Crippen molar-refractivity contribution in [2.45, 2.75) is 5.66 Å². The molecule has 0 saturated carbocycles. The van der Waals surface area contributed by atoms with Crippen LogP contribution >= 0.6 is 7.92 Å². The zero-order chi connectivity index (χ0) is 15.3. The van der Waals surface area contributed by atoms with Crippen LogP contribution < -0.4 is 5.30 Å². The molecule has 0 bridgehead atoms. The molecule has 4 rings (SSSR count). The van der Waals surface area contributed by atoms with E-state index in [0.717, 1.165) is 17.0 Å². The minimum Gasteiger partial charge on any atom is -0.389 e. The molecule has 2 aliphatic heterocycles. The zero-order valence-corrected chi connectivity index (χ0v) is 12.7. The number of allylic oxidation sites excluding steroid dienone is 1. The van der Waals surface area contributed by atoms with Crippen molar-refractivity contribution in [1.29, 1.82) is 0 Å². The highest BCUT2D eigenvalue weighted by Gasteiger charge is 2.44. The van der Waals surface area contributed by atoms with Gasteiger partial charge in [-0.15, -0.1) is 0 Å². The largest absolute Gasteiger partial charge is 0.389 e. The lowest BCUT2D eigenvalue weighted by Gasteiger charge is -2.26. The van der Waals surface area contributed by atoms with E-state index in [2.05, 4.69) is 43.0 Å². The summed E-state index contributed by atoms with van der Waals surface area (Å²) in [5.41, 5.74) is 0.938. The molecular weight excluding hydrogens is 295 g/mol. The number of rotatable bonds is 1. The third-order valence-corrected chi connectivity index (χ3v) is 6.92. The van der Waals surface area contributed by atoms with Gasteiger partial charge in [0.05, 0.1) is 0 Å². The molecule has 2 aliphatic rings. The van der Waals surface area contributed by atoms with E-state index in [4.69, 9.17) is 4.74 Å². The van der Waals surface area contributed by atoms with Crippen LogP contribution in [0.25, 0.3) is 16.8 Å². The van der Waals surface area contributed by atoms with Crippen LogP contribution in [-0.4, -0.2) is 23.8 Å². The molecule has 0 aliphatic carbocycles. The summed E-state index contributed by atoms with van der Waals surface area (Å²) in [6.45, 7) is 3.77. The van der Waals surface area contributed by atoms with Gasteiger partial charge in [0.1, 0.15) is 5.66 Å². The van der Waals surface area contributed by atoms with Crippen LogP contribution in [0.2, 0.25) is 0 Å². The first-order valence-corrected chi connectivity index (χ1v) is 8.66. The van der Waals surface area contributed by atoms with Crippen LogP contribution in [0.1, 0.15) is 5.56 Å². The second kappa shape index (κ2) is 4.89. The number of benzene rings is 2. The highest BCUT2D eigenvalue weighted by atomic mass is 31.1. The van der Waals surface area contributed by atoms with Gasteiger partial charge in [-0.1, -0.05) is 63.1 Å². The number of carbonyl (C=O) groups excluding carboxylic acids is 2. The Morgan fingerprint density at radius 1 is 1.14 bits per heavy atom. The van der Waals surface area contributed by atoms with E-state index in [1.165, 1.54) is 10.8 Å². The molecule has 3 nitrogen and oxygen atoms in total. The zero-order valence-electron chi connectivity index (χ0n) is 11.8. The molecule has 2 heterocycles. The van der Waals surface area contributed by atoms with Crippen molar-refractivity contribution >= 4 is 42.0 Å². The standard InChI is InChI=1S/C18H13O3P/c1-11-16(18(20)21-17(11)19)22-10-4-7-14-13-6-3-2-5-12(13)8-9-15(14)22/h2-9,16H,1,10H2.